The van der Waals surface area contributed by atoms with Crippen molar-refractivity contribution >= 4 is 17.7 Å². The standard InChI is InChI=1S/C15H16N2O3/c1-14(2,3)20-13(19)17-8-15(9-17)10-6-4-5-7-11(10)16-12(15)18/h1,4-7H,8-9H2,2-3H3,(H,16,18). The Morgan fingerprint density at radius 2 is 2.05 bits per heavy atom. The second kappa shape index (κ2) is 3.98. The highest BCUT2D eigenvalue weighted by molar-refractivity contribution is 6.08. The summed E-state index contributed by atoms with van der Waals surface area (Å²) >= 11 is 0. The molecule has 5 heteroatoms. The lowest BCUT2D eigenvalue weighted by Crippen LogP contribution is -2.64. The molecule has 0 unspecified atom stereocenters. The van der Waals surface area contributed by atoms with Crippen LogP contribution in [-0.2, 0) is 14.9 Å². The molecule has 20 heavy (non-hydrogen) atoms. The Morgan fingerprint density at radius 1 is 1.40 bits per heavy atom. The van der Waals surface area contributed by atoms with Gasteiger partial charge in [0, 0.05) is 25.7 Å². The summed E-state index contributed by atoms with van der Waals surface area (Å²) in [5, 5.41) is 2.86. The van der Waals surface area contributed by atoms with Gasteiger partial charge in [-0.1, -0.05) is 18.2 Å². The van der Waals surface area contributed by atoms with Crippen LogP contribution in [0.3, 0.4) is 0 Å². The zero-order chi connectivity index (χ0) is 14.5. The van der Waals surface area contributed by atoms with Crippen LogP contribution in [0, 0.1) is 6.92 Å². The number of ether oxygens (including phenoxy) is 1. The first-order chi connectivity index (χ1) is 9.32. The van der Waals surface area contributed by atoms with Crippen molar-refractivity contribution in [3.05, 3.63) is 36.8 Å². The molecule has 3 rings (SSSR count). The molecule has 0 saturated carbocycles. The number of benzene rings is 1. The molecule has 1 spiro atoms. The van der Waals surface area contributed by atoms with Crippen LogP contribution in [0.4, 0.5) is 10.5 Å². The fraction of sp³-hybridized carbons (Fsp3) is 0.400. The van der Waals surface area contributed by atoms with E-state index in [0.29, 0.717) is 13.1 Å². The van der Waals surface area contributed by atoms with Crippen molar-refractivity contribution in [2.24, 2.45) is 0 Å². The molecule has 0 bridgehead atoms. The van der Waals surface area contributed by atoms with Crippen molar-refractivity contribution in [3.8, 4) is 0 Å². The van der Waals surface area contributed by atoms with E-state index < -0.39 is 17.1 Å². The van der Waals surface area contributed by atoms with Gasteiger partial charge in [0.05, 0.1) is 0 Å². The van der Waals surface area contributed by atoms with Crippen LogP contribution in [0.25, 0.3) is 0 Å². The first-order valence-corrected chi connectivity index (χ1v) is 6.50. The fourth-order valence-corrected chi connectivity index (χ4v) is 2.71. The Balaban J connectivity index is 1.77. The van der Waals surface area contributed by atoms with Crippen LogP contribution < -0.4 is 5.32 Å². The summed E-state index contributed by atoms with van der Waals surface area (Å²) in [7, 11) is 0. The van der Waals surface area contributed by atoms with Gasteiger partial charge in [-0.15, -0.1) is 0 Å². The highest BCUT2D eigenvalue weighted by Gasteiger charge is 2.57. The number of carbonyl (C=O) groups excluding carboxylic acids is 2. The monoisotopic (exact) mass is 272 g/mol. The van der Waals surface area contributed by atoms with Crippen molar-refractivity contribution in [1.29, 1.82) is 0 Å². The number of hydrogen-bond donors (Lipinski definition) is 1. The zero-order valence-corrected chi connectivity index (χ0v) is 11.5. The number of nitrogens with one attached hydrogen (secondary N) is 1. The molecule has 2 aliphatic heterocycles. The summed E-state index contributed by atoms with van der Waals surface area (Å²) in [5.74, 6) is -0.0604. The third-order valence-corrected chi connectivity index (χ3v) is 3.66. The van der Waals surface area contributed by atoms with E-state index in [1.54, 1.807) is 13.8 Å². The lowest BCUT2D eigenvalue weighted by Gasteiger charge is -2.46. The number of hydrogen-bond acceptors (Lipinski definition) is 3. The number of nitrogens with zero attached hydrogens (tertiary/aromatic N) is 1. The van der Waals surface area contributed by atoms with Crippen molar-refractivity contribution in [1.82, 2.24) is 4.90 Å². The molecule has 2 radical (unpaired) electrons. The topological polar surface area (TPSA) is 58.6 Å². The highest BCUT2D eigenvalue weighted by Crippen LogP contribution is 2.44. The zero-order valence-electron chi connectivity index (χ0n) is 11.5. The Kier molecular flexibility index (Phi) is 2.58. The first kappa shape index (κ1) is 13.0. The summed E-state index contributed by atoms with van der Waals surface area (Å²) in [5.41, 5.74) is 0.120. The van der Waals surface area contributed by atoms with E-state index in [2.05, 4.69) is 5.32 Å². The number of fused-ring (bicyclic) bond motifs is 2. The summed E-state index contributed by atoms with van der Waals surface area (Å²) in [6.07, 6.45) is -0.486. The average molecular weight is 272 g/mol. The van der Waals surface area contributed by atoms with Gasteiger partial charge in [0.25, 0.3) is 0 Å². The van der Waals surface area contributed by atoms with Gasteiger partial charge in [-0.25, -0.2) is 4.79 Å². The molecule has 2 aliphatic rings. The molecule has 0 aromatic heterocycles. The van der Waals surface area contributed by atoms with E-state index in [-0.39, 0.29) is 5.91 Å². The molecule has 5 nitrogen and oxygen atoms in total. The molecule has 1 fully saturated rings. The van der Waals surface area contributed by atoms with Crippen LogP contribution in [0.15, 0.2) is 24.3 Å². The molecule has 0 atom stereocenters. The minimum absolute atomic E-state index is 0.0604. The SMILES string of the molecule is [CH]C(C)(C)OC(=O)N1CC2(C1)C(=O)Nc1ccccc12. The number of para-hydroxylation sites is 1. The summed E-state index contributed by atoms with van der Waals surface area (Å²) in [6, 6.07) is 7.55. The Labute approximate surface area is 117 Å². The maximum absolute atomic E-state index is 12.2. The van der Waals surface area contributed by atoms with E-state index >= 15 is 0 Å². The smallest absolute Gasteiger partial charge is 0.410 e. The quantitative estimate of drug-likeness (QED) is 0.848. The number of likely N-dealkylation sites (tertiary alicyclic amines) is 1. The Bertz CT molecular complexity index is 583. The number of amides is 2. The van der Waals surface area contributed by atoms with E-state index in [9.17, 15) is 9.59 Å². The van der Waals surface area contributed by atoms with Crippen LogP contribution in [0.1, 0.15) is 19.4 Å². The largest absolute Gasteiger partial charge is 0.443 e. The number of carbonyl (C=O) groups is 2. The summed E-state index contributed by atoms with van der Waals surface area (Å²) in [4.78, 5) is 25.6. The van der Waals surface area contributed by atoms with E-state index in [0.717, 1.165) is 11.3 Å². The average Bonchev–Trinajstić information content (AvgIpc) is 2.56. The fourth-order valence-electron chi connectivity index (χ4n) is 2.71. The second-order valence-electron chi connectivity index (χ2n) is 5.91. The van der Waals surface area contributed by atoms with Crippen LogP contribution in [0.5, 0.6) is 0 Å². The third kappa shape index (κ3) is 1.85. The van der Waals surface area contributed by atoms with E-state index in [4.69, 9.17) is 11.7 Å². The van der Waals surface area contributed by atoms with Gasteiger partial charge in [-0.2, -0.15) is 0 Å². The molecule has 1 aromatic carbocycles. The van der Waals surface area contributed by atoms with Gasteiger partial charge in [-0.3, -0.25) is 4.79 Å². The molecular weight excluding hydrogens is 256 g/mol. The summed E-state index contributed by atoms with van der Waals surface area (Å²) in [6.45, 7) is 9.52. The van der Waals surface area contributed by atoms with Gasteiger partial charge in [0.2, 0.25) is 5.91 Å². The van der Waals surface area contributed by atoms with Crippen molar-refractivity contribution in [2.45, 2.75) is 24.9 Å². The predicted octanol–water partition coefficient (Wildman–Crippen LogP) is 1.82. The minimum Gasteiger partial charge on any atom is -0.443 e. The van der Waals surface area contributed by atoms with Crippen LogP contribution in [-0.4, -0.2) is 35.6 Å². The molecule has 0 aliphatic carbocycles. The number of rotatable bonds is 1. The van der Waals surface area contributed by atoms with Crippen LogP contribution in [0.2, 0.25) is 0 Å². The van der Waals surface area contributed by atoms with Crippen molar-refractivity contribution in [2.75, 3.05) is 18.4 Å². The van der Waals surface area contributed by atoms with E-state index in [1.165, 1.54) is 4.90 Å². The molecule has 2 heterocycles. The maximum atomic E-state index is 12.2. The van der Waals surface area contributed by atoms with E-state index in [1.807, 2.05) is 24.3 Å². The van der Waals surface area contributed by atoms with Gasteiger partial charge in [0.15, 0.2) is 0 Å². The van der Waals surface area contributed by atoms with Gasteiger partial charge >= 0.3 is 6.09 Å². The first-order valence-electron chi connectivity index (χ1n) is 6.50. The molecule has 104 valence electrons. The van der Waals surface area contributed by atoms with Gasteiger partial charge < -0.3 is 15.0 Å². The van der Waals surface area contributed by atoms with Crippen LogP contribution >= 0.6 is 0 Å². The Hall–Kier alpha value is -2.04. The second-order valence-corrected chi connectivity index (χ2v) is 5.91. The predicted molar refractivity (Wildman–Crippen MR) is 73.2 cm³/mol. The van der Waals surface area contributed by atoms with Crippen molar-refractivity contribution in [3.63, 3.8) is 0 Å². The molecule has 2 amide bonds. The molecule has 1 aromatic rings. The maximum Gasteiger partial charge on any atom is 0.410 e. The molecule has 1 N–H and O–H groups in total. The van der Waals surface area contributed by atoms with Crippen molar-refractivity contribution < 1.29 is 14.3 Å². The summed E-state index contributed by atoms with van der Waals surface area (Å²) < 4.78 is 5.10. The number of anilines is 1. The van der Waals surface area contributed by atoms with Gasteiger partial charge in [-0.05, 0) is 25.5 Å². The molecular formula is C15H16N2O3. The Morgan fingerprint density at radius 3 is 2.70 bits per heavy atom. The molecule has 1 saturated heterocycles. The lowest BCUT2D eigenvalue weighted by molar-refractivity contribution is -0.126. The third-order valence-electron chi connectivity index (χ3n) is 3.66. The minimum atomic E-state index is -1.02. The highest BCUT2D eigenvalue weighted by atomic mass is 16.6. The van der Waals surface area contributed by atoms with Gasteiger partial charge in [0.1, 0.15) is 11.0 Å². The lowest BCUT2D eigenvalue weighted by atomic mass is 9.75. The normalized spacial score (nSPS) is 19.4.